The van der Waals surface area contributed by atoms with Crippen molar-refractivity contribution in [3.8, 4) is 0 Å². The van der Waals surface area contributed by atoms with Crippen LogP contribution in [0.15, 0.2) is 95.1 Å². The summed E-state index contributed by atoms with van der Waals surface area (Å²) >= 11 is 0. The summed E-state index contributed by atoms with van der Waals surface area (Å²) in [4.78, 5) is 29.9. The van der Waals surface area contributed by atoms with Gasteiger partial charge in [0.15, 0.2) is 11.8 Å². The van der Waals surface area contributed by atoms with Gasteiger partial charge in [-0.25, -0.2) is 19.6 Å². The molecule has 6 rings (SSSR count). The fourth-order valence-corrected chi connectivity index (χ4v) is 5.26. The van der Waals surface area contributed by atoms with Gasteiger partial charge in [0, 0.05) is 0 Å². The molecule has 3 aromatic rings. The van der Waals surface area contributed by atoms with Gasteiger partial charge in [-0.05, 0) is 43.3 Å². The summed E-state index contributed by atoms with van der Waals surface area (Å²) in [6.45, 7) is 1.97. The zero-order chi connectivity index (χ0) is 25.7. The minimum atomic E-state index is -1.06. The molecule has 3 heterocycles. The van der Waals surface area contributed by atoms with Crippen molar-refractivity contribution >= 4 is 46.4 Å². The third kappa shape index (κ3) is 3.11. The van der Waals surface area contributed by atoms with E-state index in [0.29, 0.717) is 11.4 Å². The Hall–Kier alpha value is -4.86. The highest BCUT2D eigenvalue weighted by molar-refractivity contribution is 6.45. The van der Waals surface area contributed by atoms with E-state index < -0.39 is 23.8 Å². The number of carbonyl (C=O) groups excluding carboxylic acids is 2. The maximum Gasteiger partial charge on any atom is 0.376 e. The van der Waals surface area contributed by atoms with E-state index in [0.717, 1.165) is 11.4 Å². The quantitative estimate of drug-likeness (QED) is 0.508. The molecular weight excluding hydrogens is 472 g/mol. The Bertz CT molecular complexity index is 1440. The lowest BCUT2D eigenvalue weighted by atomic mass is 9.96. The highest BCUT2D eigenvalue weighted by atomic mass is 16.5. The molecule has 0 radical (unpaired) electrons. The highest BCUT2D eigenvalue weighted by Crippen LogP contribution is 2.52. The average Bonchev–Trinajstić information content (AvgIpc) is 3.51. The molecule has 0 N–H and O–H groups in total. The molecule has 10 nitrogen and oxygen atoms in total. The Morgan fingerprint density at radius 2 is 1.27 bits per heavy atom. The third-order valence-electron chi connectivity index (χ3n) is 6.82. The summed E-state index contributed by atoms with van der Waals surface area (Å²) < 4.78 is 10.3. The lowest BCUT2D eigenvalue weighted by molar-refractivity contribution is -0.133. The normalized spacial score (nSPS) is 21.5. The molecule has 0 aliphatic carbocycles. The summed E-state index contributed by atoms with van der Waals surface area (Å²) in [6, 6.07) is 26.6. The van der Waals surface area contributed by atoms with Crippen molar-refractivity contribution in [2.24, 2.45) is 10.2 Å². The second-order valence-electron chi connectivity index (χ2n) is 8.82. The smallest absolute Gasteiger partial charge is 0.376 e. The number of para-hydroxylation sites is 4. The monoisotopic (exact) mass is 496 g/mol. The minimum absolute atomic E-state index is 0.125. The molecule has 0 unspecified atom stereocenters. The largest absolute Gasteiger partial charge is 0.463 e. The van der Waals surface area contributed by atoms with Crippen LogP contribution in [0.5, 0.6) is 0 Å². The van der Waals surface area contributed by atoms with Gasteiger partial charge in [0.05, 0.1) is 37.0 Å². The fraction of sp³-hybridized carbons (Fsp3) is 0.185. The summed E-state index contributed by atoms with van der Waals surface area (Å²) in [6.07, 6.45) is -0.634. The molecule has 186 valence electrons. The van der Waals surface area contributed by atoms with E-state index in [1.165, 1.54) is 14.2 Å². The first-order valence-electron chi connectivity index (χ1n) is 11.7. The van der Waals surface area contributed by atoms with E-state index in [9.17, 15) is 9.59 Å². The molecule has 2 atom stereocenters. The van der Waals surface area contributed by atoms with Crippen molar-refractivity contribution in [3.63, 3.8) is 0 Å². The van der Waals surface area contributed by atoms with E-state index in [-0.39, 0.29) is 11.7 Å². The lowest BCUT2D eigenvalue weighted by Crippen LogP contribution is -2.72. The molecular formula is C27H24N6O4. The molecule has 0 aromatic heterocycles. The highest BCUT2D eigenvalue weighted by Gasteiger charge is 2.64. The molecule has 0 bridgehead atoms. The summed E-state index contributed by atoms with van der Waals surface area (Å²) in [5.41, 5.74) is 1.81. The fourth-order valence-electron chi connectivity index (χ4n) is 5.26. The second kappa shape index (κ2) is 8.37. The average molecular weight is 497 g/mol. The van der Waals surface area contributed by atoms with Crippen LogP contribution in [0.25, 0.3) is 0 Å². The molecule has 0 saturated heterocycles. The van der Waals surface area contributed by atoms with Gasteiger partial charge in [-0.1, -0.05) is 48.5 Å². The number of amidine groups is 2. The number of esters is 2. The molecule has 0 amide bonds. The van der Waals surface area contributed by atoms with E-state index in [1.807, 2.05) is 102 Å². The number of hydrogen-bond acceptors (Lipinski definition) is 10. The number of carbonyl (C=O) groups is 2. The number of hydrazone groups is 2. The Balaban J connectivity index is 1.66. The van der Waals surface area contributed by atoms with Gasteiger partial charge in [-0.15, -0.1) is 10.2 Å². The van der Waals surface area contributed by atoms with Crippen LogP contribution in [-0.2, 0) is 19.1 Å². The van der Waals surface area contributed by atoms with E-state index in [1.54, 1.807) is 10.0 Å². The molecule has 0 saturated carbocycles. The molecule has 10 heteroatoms. The maximum atomic E-state index is 13.1. The summed E-state index contributed by atoms with van der Waals surface area (Å²) in [5, 5.41) is 13.1. The Morgan fingerprint density at radius 3 is 1.89 bits per heavy atom. The van der Waals surface area contributed by atoms with E-state index in [4.69, 9.17) is 19.7 Å². The van der Waals surface area contributed by atoms with Gasteiger partial charge in [0.2, 0.25) is 11.7 Å². The van der Waals surface area contributed by atoms with E-state index >= 15 is 0 Å². The van der Waals surface area contributed by atoms with Crippen LogP contribution >= 0.6 is 0 Å². The zero-order valence-corrected chi connectivity index (χ0v) is 20.5. The third-order valence-corrected chi connectivity index (χ3v) is 6.82. The van der Waals surface area contributed by atoms with Crippen LogP contribution in [0.1, 0.15) is 6.92 Å². The van der Waals surface area contributed by atoms with Gasteiger partial charge in [-0.3, -0.25) is 9.80 Å². The Kier molecular flexibility index (Phi) is 5.11. The van der Waals surface area contributed by atoms with Crippen molar-refractivity contribution < 1.29 is 19.1 Å². The van der Waals surface area contributed by atoms with Crippen molar-refractivity contribution in [1.29, 1.82) is 0 Å². The zero-order valence-electron chi connectivity index (χ0n) is 20.5. The predicted molar refractivity (Wildman–Crippen MR) is 140 cm³/mol. The molecule has 3 aliphatic rings. The van der Waals surface area contributed by atoms with Crippen molar-refractivity contribution in [2.45, 2.75) is 18.8 Å². The van der Waals surface area contributed by atoms with Crippen LogP contribution in [0.2, 0.25) is 0 Å². The number of benzene rings is 3. The number of fused-ring (bicyclic) bond motifs is 6. The lowest BCUT2D eigenvalue weighted by Gasteiger charge is -2.53. The predicted octanol–water partition coefficient (Wildman–Crippen LogP) is 3.37. The molecule has 3 aromatic carbocycles. The molecule has 3 aliphatic heterocycles. The van der Waals surface area contributed by atoms with Crippen LogP contribution in [0, 0.1) is 0 Å². The second-order valence-corrected chi connectivity index (χ2v) is 8.82. The van der Waals surface area contributed by atoms with Gasteiger partial charge in [0.1, 0.15) is 0 Å². The summed E-state index contributed by atoms with van der Waals surface area (Å²) in [5.74, 6) is -0.899. The number of methoxy groups -OCH3 is 2. The van der Waals surface area contributed by atoms with Crippen molar-refractivity contribution in [3.05, 3.63) is 84.9 Å². The minimum Gasteiger partial charge on any atom is -0.463 e. The number of hydrogen-bond donors (Lipinski definition) is 0. The van der Waals surface area contributed by atoms with Crippen LogP contribution in [0.3, 0.4) is 0 Å². The van der Waals surface area contributed by atoms with Gasteiger partial charge < -0.3 is 9.47 Å². The Labute approximate surface area is 213 Å². The number of rotatable bonds is 4. The number of ether oxygens (including phenoxy) is 2. The van der Waals surface area contributed by atoms with E-state index in [2.05, 4.69) is 0 Å². The SMILES string of the molecule is COC(=O)C1=NN(c2ccccc2)[C@@H]2N1c1ccccc1N1C(C(=O)OC)=NN(c3ccccc3)[C@@]21C. The van der Waals surface area contributed by atoms with Crippen molar-refractivity contribution in [1.82, 2.24) is 0 Å². The van der Waals surface area contributed by atoms with Gasteiger partial charge in [0.25, 0.3) is 0 Å². The van der Waals surface area contributed by atoms with Crippen LogP contribution in [0.4, 0.5) is 22.7 Å². The summed E-state index contributed by atoms with van der Waals surface area (Å²) in [7, 11) is 2.67. The first kappa shape index (κ1) is 22.6. The first-order valence-corrected chi connectivity index (χ1v) is 11.7. The molecule has 0 spiro atoms. The first-order chi connectivity index (χ1) is 18.0. The van der Waals surface area contributed by atoms with Crippen molar-refractivity contribution in [2.75, 3.05) is 34.0 Å². The number of anilines is 4. The van der Waals surface area contributed by atoms with Crippen LogP contribution < -0.4 is 19.8 Å². The maximum absolute atomic E-state index is 13.1. The standard InChI is InChI=1S/C27H24N6O4/c1-27-26-30(22(24(34)36-2)28-32(26)18-12-6-4-7-13-18)20-16-10-11-17-21(20)31(27)23(25(35)37-3)29-33(27)19-14-8-5-9-15-19/h4-17,26H,1-3H3/t26-,27-/m0/s1. The molecule has 0 fully saturated rings. The molecule has 37 heavy (non-hydrogen) atoms. The van der Waals surface area contributed by atoms with Gasteiger partial charge >= 0.3 is 11.9 Å². The Morgan fingerprint density at radius 1 is 0.730 bits per heavy atom. The van der Waals surface area contributed by atoms with Gasteiger partial charge in [-0.2, -0.15) is 0 Å². The topological polar surface area (TPSA) is 90.3 Å². The van der Waals surface area contributed by atoms with Crippen LogP contribution in [-0.4, -0.2) is 49.7 Å². The number of nitrogens with zero attached hydrogens (tertiary/aromatic N) is 6.